The number of aromatic nitrogens is 1. The van der Waals surface area contributed by atoms with Crippen LogP contribution in [0.5, 0.6) is 5.75 Å². The Kier molecular flexibility index (Phi) is 5.78. The quantitative estimate of drug-likeness (QED) is 0.818. The second kappa shape index (κ2) is 7.42. The van der Waals surface area contributed by atoms with Gasteiger partial charge in [0.25, 0.3) is 5.91 Å². The topological polar surface area (TPSA) is 42.4 Å². The van der Waals surface area contributed by atoms with E-state index in [0.717, 1.165) is 19.3 Å². The van der Waals surface area contributed by atoms with Gasteiger partial charge in [0.2, 0.25) is 0 Å². The molecule has 1 aliphatic carbocycles. The molecule has 1 heterocycles. The molecule has 1 aromatic heterocycles. The first-order valence-corrected chi connectivity index (χ1v) is 8.57. The average Bonchev–Trinajstić information content (AvgIpc) is 2.99. The maximum atomic E-state index is 12.6. The van der Waals surface area contributed by atoms with Gasteiger partial charge in [-0.25, -0.2) is 4.98 Å². The molecule has 23 heavy (non-hydrogen) atoms. The Morgan fingerprint density at radius 1 is 1.48 bits per heavy atom. The zero-order valence-electron chi connectivity index (χ0n) is 13.0. The van der Waals surface area contributed by atoms with E-state index in [1.807, 2.05) is 6.26 Å². The Bertz CT molecular complexity index is 554. The van der Waals surface area contributed by atoms with Crippen LogP contribution in [0, 0.1) is 0 Å². The number of alkyl halides is 3. The summed E-state index contributed by atoms with van der Waals surface area (Å²) in [7, 11) is 1.67. The van der Waals surface area contributed by atoms with Crippen LogP contribution in [0.25, 0.3) is 0 Å². The molecule has 2 rings (SSSR count). The van der Waals surface area contributed by atoms with Gasteiger partial charge in [0.15, 0.2) is 18.1 Å². The second-order valence-electron chi connectivity index (χ2n) is 5.44. The van der Waals surface area contributed by atoms with Crippen LogP contribution >= 0.6 is 11.8 Å². The molecule has 4 nitrogen and oxygen atoms in total. The summed E-state index contributed by atoms with van der Waals surface area (Å²) in [6.45, 7) is -1.44. The fraction of sp³-hybridized carbons (Fsp3) is 0.600. The van der Waals surface area contributed by atoms with Gasteiger partial charge in [-0.1, -0.05) is 6.42 Å². The lowest BCUT2D eigenvalue weighted by Gasteiger charge is -2.29. The number of carbonyl (C=O) groups is 1. The monoisotopic (exact) mass is 348 g/mol. The van der Waals surface area contributed by atoms with E-state index in [4.69, 9.17) is 4.74 Å². The number of ether oxygens (including phenoxy) is 1. The molecular formula is C15H19F3N2O2S. The second-order valence-corrected chi connectivity index (χ2v) is 6.52. The summed E-state index contributed by atoms with van der Waals surface area (Å²) in [5, 5.41) is 0.340. The zero-order chi connectivity index (χ0) is 17.0. The lowest BCUT2D eigenvalue weighted by atomic mass is 10.2. The third kappa shape index (κ3) is 4.53. The molecule has 1 aromatic rings. The van der Waals surface area contributed by atoms with Gasteiger partial charge >= 0.3 is 6.18 Å². The summed E-state index contributed by atoms with van der Waals surface area (Å²) in [4.78, 5) is 18.1. The molecule has 0 aromatic carbocycles. The highest BCUT2D eigenvalue weighted by Gasteiger charge is 2.34. The van der Waals surface area contributed by atoms with Crippen LogP contribution in [0.3, 0.4) is 0 Å². The van der Waals surface area contributed by atoms with Gasteiger partial charge in [-0.3, -0.25) is 4.79 Å². The predicted molar refractivity (Wildman–Crippen MR) is 82.8 cm³/mol. The van der Waals surface area contributed by atoms with E-state index >= 15 is 0 Å². The van der Waals surface area contributed by atoms with Crippen LogP contribution in [0.15, 0.2) is 18.3 Å². The number of nitrogens with zero attached hydrogens (tertiary/aromatic N) is 2. The van der Waals surface area contributed by atoms with Crippen molar-refractivity contribution in [2.45, 2.75) is 36.7 Å². The SMILES string of the molecule is CSC1CCCC1N(C)C(=O)c1ncccc1OCC(F)(F)F. The summed E-state index contributed by atoms with van der Waals surface area (Å²) in [5.74, 6) is -0.547. The molecule has 1 fully saturated rings. The fourth-order valence-corrected chi connectivity index (χ4v) is 3.80. The molecule has 0 aliphatic heterocycles. The molecule has 128 valence electrons. The van der Waals surface area contributed by atoms with Crippen molar-refractivity contribution >= 4 is 17.7 Å². The minimum atomic E-state index is -4.46. The highest BCUT2D eigenvalue weighted by molar-refractivity contribution is 7.99. The van der Waals surface area contributed by atoms with Gasteiger partial charge < -0.3 is 9.64 Å². The average molecular weight is 348 g/mol. The van der Waals surface area contributed by atoms with E-state index < -0.39 is 18.7 Å². The van der Waals surface area contributed by atoms with Gasteiger partial charge in [0.05, 0.1) is 0 Å². The van der Waals surface area contributed by atoms with E-state index in [2.05, 4.69) is 4.98 Å². The van der Waals surface area contributed by atoms with E-state index in [1.165, 1.54) is 18.3 Å². The largest absolute Gasteiger partial charge is 0.482 e. The summed E-state index contributed by atoms with van der Waals surface area (Å²) < 4.78 is 41.7. The van der Waals surface area contributed by atoms with Crippen molar-refractivity contribution < 1.29 is 22.7 Å². The van der Waals surface area contributed by atoms with Gasteiger partial charge in [-0.05, 0) is 31.2 Å². The molecule has 0 bridgehead atoms. The zero-order valence-corrected chi connectivity index (χ0v) is 13.8. The van der Waals surface area contributed by atoms with E-state index in [-0.39, 0.29) is 17.5 Å². The Morgan fingerprint density at radius 2 is 2.22 bits per heavy atom. The van der Waals surface area contributed by atoms with Crippen LogP contribution < -0.4 is 4.74 Å². The summed E-state index contributed by atoms with van der Waals surface area (Å²) in [6.07, 6.45) is 1.87. The Morgan fingerprint density at radius 3 is 2.87 bits per heavy atom. The summed E-state index contributed by atoms with van der Waals surface area (Å²) in [6, 6.07) is 2.85. The maximum absolute atomic E-state index is 12.6. The van der Waals surface area contributed by atoms with Crippen LogP contribution in [0.2, 0.25) is 0 Å². The molecule has 0 radical (unpaired) electrons. The molecule has 1 aliphatic rings. The normalized spacial score (nSPS) is 21.3. The minimum absolute atomic E-state index is 0.0648. The third-order valence-corrected chi connectivity index (χ3v) is 5.06. The number of thioether (sulfide) groups is 1. The van der Waals surface area contributed by atoms with Crippen molar-refractivity contribution in [2.75, 3.05) is 19.9 Å². The van der Waals surface area contributed by atoms with E-state index in [0.29, 0.717) is 5.25 Å². The lowest BCUT2D eigenvalue weighted by Crippen LogP contribution is -2.41. The van der Waals surface area contributed by atoms with E-state index in [9.17, 15) is 18.0 Å². The minimum Gasteiger partial charge on any atom is -0.482 e. The van der Waals surface area contributed by atoms with Crippen LogP contribution in [-0.2, 0) is 0 Å². The number of hydrogen-bond donors (Lipinski definition) is 0. The first kappa shape index (κ1) is 17.9. The van der Waals surface area contributed by atoms with Gasteiger partial charge in [-0.15, -0.1) is 0 Å². The molecule has 8 heteroatoms. The molecular weight excluding hydrogens is 329 g/mol. The highest BCUT2D eigenvalue weighted by atomic mass is 32.2. The molecule has 0 spiro atoms. The molecule has 1 amide bonds. The van der Waals surface area contributed by atoms with E-state index in [1.54, 1.807) is 23.7 Å². The van der Waals surface area contributed by atoms with Gasteiger partial charge in [0, 0.05) is 24.5 Å². The van der Waals surface area contributed by atoms with Gasteiger partial charge in [-0.2, -0.15) is 24.9 Å². The summed E-state index contributed by atoms with van der Waals surface area (Å²) in [5.41, 5.74) is -0.0778. The first-order valence-electron chi connectivity index (χ1n) is 7.28. The van der Waals surface area contributed by atoms with Crippen molar-refractivity contribution in [2.24, 2.45) is 0 Å². The Labute approximate surface area is 137 Å². The van der Waals surface area contributed by atoms with Crippen molar-refractivity contribution in [3.05, 3.63) is 24.0 Å². The van der Waals surface area contributed by atoms with Crippen LogP contribution in [0.1, 0.15) is 29.8 Å². The number of pyridine rings is 1. The lowest BCUT2D eigenvalue weighted by molar-refractivity contribution is -0.153. The number of carbonyl (C=O) groups excluding carboxylic acids is 1. The molecule has 1 saturated carbocycles. The number of rotatable bonds is 5. The third-order valence-electron chi connectivity index (χ3n) is 3.90. The molecule has 2 atom stereocenters. The molecule has 2 unspecified atom stereocenters. The Balaban J connectivity index is 2.15. The number of halogens is 3. The first-order chi connectivity index (χ1) is 10.8. The van der Waals surface area contributed by atoms with Crippen LogP contribution in [0.4, 0.5) is 13.2 Å². The van der Waals surface area contributed by atoms with Crippen molar-refractivity contribution in [3.63, 3.8) is 0 Å². The van der Waals surface area contributed by atoms with Crippen LogP contribution in [-0.4, -0.2) is 53.2 Å². The number of hydrogen-bond acceptors (Lipinski definition) is 4. The fourth-order valence-electron chi connectivity index (χ4n) is 2.77. The van der Waals surface area contributed by atoms with Gasteiger partial charge in [0.1, 0.15) is 0 Å². The van der Waals surface area contributed by atoms with Crippen molar-refractivity contribution in [1.29, 1.82) is 0 Å². The summed E-state index contributed by atoms with van der Waals surface area (Å²) >= 11 is 1.70. The van der Waals surface area contributed by atoms with Crippen molar-refractivity contribution in [1.82, 2.24) is 9.88 Å². The molecule has 0 saturated heterocycles. The number of amides is 1. The predicted octanol–water partition coefficient (Wildman–Crippen LogP) is 3.38. The maximum Gasteiger partial charge on any atom is 0.422 e. The Hall–Kier alpha value is -1.44. The van der Waals surface area contributed by atoms with Crippen molar-refractivity contribution in [3.8, 4) is 5.75 Å². The standard InChI is InChI=1S/C15H19F3N2O2S/c1-20(10-5-3-7-12(10)23-2)14(21)13-11(6-4-8-19-13)22-9-15(16,17)18/h4,6,8,10,12H,3,5,7,9H2,1-2H3. The smallest absolute Gasteiger partial charge is 0.422 e. The molecule has 0 N–H and O–H groups in total. The highest BCUT2D eigenvalue weighted by Crippen LogP contribution is 2.33.